The molecule has 8 nitrogen and oxygen atoms in total. The number of methoxy groups -OCH3 is 1. The molecule has 33 heavy (non-hydrogen) atoms. The number of ketones is 1. The van der Waals surface area contributed by atoms with E-state index in [2.05, 4.69) is 10.2 Å². The number of phenols is 2. The number of hydrogen-bond acceptors (Lipinski definition) is 8. The van der Waals surface area contributed by atoms with Crippen LogP contribution in [0, 0.1) is 0 Å². The summed E-state index contributed by atoms with van der Waals surface area (Å²) in [5.41, 5.74) is 1.65. The largest absolute Gasteiger partial charge is 0.508 e. The lowest BCUT2D eigenvalue weighted by molar-refractivity contribution is 0.104. The summed E-state index contributed by atoms with van der Waals surface area (Å²) in [5, 5.41) is 27.1. The molecule has 4 aromatic rings. The molecule has 0 fully saturated rings. The van der Waals surface area contributed by atoms with Crippen LogP contribution in [0.1, 0.15) is 21.8 Å². The van der Waals surface area contributed by atoms with Gasteiger partial charge < -0.3 is 24.1 Å². The van der Waals surface area contributed by atoms with Crippen molar-refractivity contribution in [2.45, 2.75) is 6.61 Å². The van der Waals surface area contributed by atoms with Crippen LogP contribution in [0.25, 0.3) is 17.5 Å². The molecule has 0 atom stereocenters. The van der Waals surface area contributed by atoms with Crippen LogP contribution in [0.4, 0.5) is 0 Å². The Morgan fingerprint density at radius 2 is 1.79 bits per heavy atom. The van der Waals surface area contributed by atoms with Crippen LogP contribution in [0.2, 0.25) is 0 Å². The first-order valence-corrected chi connectivity index (χ1v) is 9.96. The Kier molecular flexibility index (Phi) is 6.36. The number of nitrogens with zero attached hydrogens (tertiary/aromatic N) is 2. The highest BCUT2D eigenvalue weighted by Gasteiger charge is 2.13. The minimum absolute atomic E-state index is 0.00544. The maximum absolute atomic E-state index is 12.3. The molecule has 0 spiro atoms. The number of ether oxygens (including phenoxy) is 2. The highest BCUT2D eigenvalue weighted by Crippen LogP contribution is 2.30. The summed E-state index contributed by atoms with van der Waals surface area (Å²) in [7, 11) is 1.51. The number of benzene rings is 3. The van der Waals surface area contributed by atoms with E-state index >= 15 is 0 Å². The van der Waals surface area contributed by atoms with Crippen LogP contribution < -0.4 is 9.47 Å². The van der Waals surface area contributed by atoms with Gasteiger partial charge in [-0.3, -0.25) is 4.79 Å². The van der Waals surface area contributed by atoms with Crippen LogP contribution >= 0.6 is 0 Å². The third-order valence-electron chi connectivity index (χ3n) is 4.72. The second-order valence-electron chi connectivity index (χ2n) is 6.96. The summed E-state index contributed by atoms with van der Waals surface area (Å²) in [5.74, 6) is 1.31. The molecule has 2 N–H and O–H groups in total. The maximum atomic E-state index is 12.3. The first-order chi connectivity index (χ1) is 16.0. The molecule has 0 unspecified atom stereocenters. The number of rotatable bonds is 8. The number of carbonyl (C=O) groups is 1. The first-order valence-electron chi connectivity index (χ1n) is 9.96. The van der Waals surface area contributed by atoms with Crippen molar-refractivity contribution in [3.8, 4) is 34.5 Å². The van der Waals surface area contributed by atoms with E-state index in [4.69, 9.17) is 13.9 Å². The Labute approximate surface area is 189 Å². The van der Waals surface area contributed by atoms with Gasteiger partial charge in [0, 0.05) is 5.56 Å². The Morgan fingerprint density at radius 1 is 1.00 bits per heavy atom. The lowest BCUT2D eigenvalue weighted by atomic mass is 10.1. The zero-order valence-corrected chi connectivity index (χ0v) is 17.6. The summed E-state index contributed by atoms with van der Waals surface area (Å²) < 4.78 is 16.7. The van der Waals surface area contributed by atoms with E-state index in [1.54, 1.807) is 54.6 Å². The number of phenolic OH excluding ortho intramolecular Hbond substituents is 2. The van der Waals surface area contributed by atoms with Gasteiger partial charge in [0.15, 0.2) is 23.9 Å². The van der Waals surface area contributed by atoms with Crippen molar-refractivity contribution in [2.75, 3.05) is 7.11 Å². The molecule has 0 amide bonds. The standard InChI is InChI=1S/C25H20N2O6/c1-31-23-14-16(6-12-20(29)17-8-10-18(28)11-9-17)7-13-22(23)32-15-24-26-27-25(33-24)19-4-2-3-5-21(19)30/h2-14,28,30H,15H2,1H3/b12-6+. The number of carbonyl (C=O) groups excluding carboxylic acids is 1. The van der Waals surface area contributed by atoms with Gasteiger partial charge in [0.25, 0.3) is 11.8 Å². The maximum Gasteiger partial charge on any atom is 0.254 e. The van der Waals surface area contributed by atoms with E-state index in [9.17, 15) is 15.0 Å². The molecular formula is C25H20N2O6. The number of aromatic hydroxyl groups is 2. The molecule has 0 aliphatic heterocycles. The highest BCUT2D eigenvalue weighted by atomic mass is 16.5. The van der Waals surface area contributed by atoms with Gasteiger partial charge >= 0.3 is 0 Å². The highest BCUT2D eigenvalue weighted by molar-refractivity contribution is 6.06. The summed E-state index contributed by atoms with van der Waals surface area (Å²) in [6.45, 7) is 0.00544. The molecule has 8 heteroatoms. The van der Waals surface area contributed by atoms with Crippen molar-refractivity contribution in [2.24, 2.45) is 0 Å². The van der Waals surface area contributed by atoms with Gasteiger partial charge in [-0.2, -0.15) is 0 Å². The lowest BCUT2D eigenvalue weighted by Crippen LogP contribution is -1.98. The third kappa shape index (κ3) is 5.19. The van der Waals surface area contributed by atoms with E-state index in [1.165, 1.54) is 31.4 Å². The molecule has 1 aromatic heterocycles. The zero-order chi connectivity index (χ0) is 23.2. The van der Waals surface area contributed by atoms with Gasteiger partial charge in [-0.25, -0.2) is 0 Å². The Balaban J connectivity index is 1.43. The fraction of sp³-hybridized carbons (Fsp3) is 0.0800. The van der Waals surface area contributed by atoms with Crippen LogP contribution in [0.3, 0.4) is 0 Å². The quantitative estimate of drug-likeness (QED) is 0.299. The van der Waals surface area contributed by atoms with Crippen molar-refractivity contribution in [3.05, 3.63) is 89.8 Å². The second kappa shape index (κ2) is 9.69. The Bertz CT molecular complexity index is 1290. The molecule has 0 saturated carbocycles. The van der Waals surface area contributed by atoms with Crippen molar-refractivity contribution >= 4 is 11.9 Å². The Hall–Kier alpha value is -4.59. The predicted octanol–water partition coefficient (Wildman–Crippen LogP) is 4.63. The summed E-state index contributed by atoms with van der Waals surface area (Å²) >= 11 is 0. The molecule has 0 aliphatic rings. The monoisotopic (exact) mass is 444 g/mol. The molecular weight excluding hydrogens is 424 g/mol. The van der Waals surface area contributed by atoms with Crippen molar-refractivity contribution in [3.63, 3.8) is 0 Å². The fourth-order valence-corrected chi connectivity index (χ4v) is 3.02. The average molecular weight is 444 g/mol. The number of allylic oxidation sites excluding steroid dienone is 1. The van der Waals surface area contributed by atoms with Gasteiger partial charge in [-0.05, 0) is 60.2 Å². The average Bonchev–Trinajstić information content (AvgIpc) is 3.31. The lowest BCUT2D eigenvalue weighted by Gasteiger charge is -2.10. The Morgan fingerprint density at radius 3 is 2.55 bits per heavy atom. The van der Waals surface area contributed by atoms with E-state index in [1.807, 2.05) is 0 Å². The van der Waals surface area contributed by atoms with Crippen LogP contribution in [-0.2, 0) is 6.61 Å². The molecule has 0 saturated heterocycles. The van der Waals surface area contributed by atoms with Gasteiger partial charge in [0.05, 0.1) is 12.7 Å². The van der Waals surface area contributed by atoms with Gasteiger partial charge in [-0.15, -0.1) is 10.2 Å². The fourth-order valence-electron chi connectivity index (χ4n) is 3.02. The molecule has 166 valence electrons. The van der Waals surface area contributed by atoms with Crippen molar-refractivity contribution in [1.29, 1.82) is 0 Å². The molecule has 0 aliphatic carbocycles. The third-order valence-corrected chi connectivity index (χ3v) is 4.72. The summed E-state index contributed by atoms with van der Waals surface area (Å²) in [6, 6.07) is 17.9. The van der Waals surface area contributed by atoms with E-state index in [0.29, 0.717) is 22.6 Å². The molecule has 4 rings (SSSR count). The topological polar surface area (TPSA) is 115 Å². The van der Waals surface area contributed by atoms with E-state index in [0.717, 1.165) is 5.56 Å². The van der Waals surface area contributed by atoms with Crippen molar-refractivity contribution in [1.82, 2.24) is 10.2 Å². The first kappa shape index (κ1) is 21.6. The molecule has 0 radical (unpaired) electrons. The molecule has 1 heterocycles. The second-order valence-corrected chi connectivity index (χ2v) is 6.96. The zero-order valence-electron chi connectivity index (χ0n) is 17.6. The normalized spacial score (nSPS) is 10.9. The van der Waals surface area contributed by atoms with Crippen LogP contribution in [0.15, 0.2) is 77.2 Å². The van der Waals surface area contributed by atoms with Crippen LogP contribution in [-0.4, -0.2) is 33.3 Å². The van der Waals surface area contributed by atoms with Crippen molar-refractivity contribution < 1.29 is 28.9 Å². The molecule has 3 aromatic carbocycles. The molecule has 0 bridgehead atoms. The number of para-hydroxylation sites is 1. The smallest absolute Gasteiger partial charge is 0.254 e. The predicted molar refractivity (Wildman–Crippen MR) is 120 cm³/mol. The number of aromatic nitrogens is 2. The minimum Gasteiger partial charge on any atom is -0.508 e. The van der Waals surface area contributed by atoms with Gasteiger partial charge in [0.2, 0.25) is 0 Å². The minimum atomic E-state index is -0.189. The van der Waals surface area contributed by atoms with E-state index < -0.39 is 0 Å². The summed E-state index contributed by atoms with van der Waals surface area (Å²) in [4.78, 5) is 12.3. The number of hydrogen-bond donors (Lipinski definition) is 2. The van der Waals surface area contributed by atoms with E-state index in [-0.39, 0.29) is 35.7 Å². The van der Waals surface area contributed by atoms with Crippen LogP contribution in [0.5, 0.6) is 23.0 Å². The summed E-state index contributed by atoms with van der Waals surface area (Å²) in [6.07, 6.45) is 3.11. The van der Waals surface area contributed by atoms with Gasteiger partial charge in [0.1, 0.15) is 11.5 Å². The van der Waals surface area contributed by atoms with Gasteiger partial charge in [-0.1, -0.05) is 24.3 Å². The SMILES string of the molecule is COc1cc(/C=C/C(=O)c2ccc(O)cc2)ccc1OCc1nnc(-c2ccccc2O)o1.